The van der Waals surface area contributed by atoms with Crippen molar-refractivity contribution in [1.82, 2.24) is 9.97 Å². The molecule has 0 spiro atoms. The minimum absolute atomic E-state index is 0.674. The molecule has 72 valence electrons. The van der Waals surface area contributed by atoms with Crippen molar-refractivity contribution in [2.24, 2.45) is 0 Å². The largest absolute Gasteiger partial charge is 0.357 e. The molecule has 0 unspecified atom stereocenters. The third-order valence-electron chi connectivity index (χ3n) is 1.99. The quantitative estimate of drug-likeness (QED) is 0.603. The topological polar surface area (TPSA) is 37.8 Å². The maximum Gasteiger partial charge on any atom is 0.224 e. The Kier molecular flexibility index (Phi) is 2.54. The van der Waals surface area contributed by atoms with Crippen LogP contribution in [0.4, 0.5) is 5.95 Å². The van der Waals surface area contributed by atoms with Crippen LogP contribution < -0.4 is 5.32 Å². The number of thioether (sulfide) groups is 1. The molecule has 1 N–H and O–H groups in total. The second-order valence-electron chi connectivity index (χ2n) is 2.82. The Hall–Kier alpha value is -1.29. The SMILES string of the molecule is CNc1nc(SC)c2ccccc2n1. The first kappa shape index (κ1) is 9.27. The number of hydrogen-bond donors (Lipinski definition) is 1. The number of aromatic nitrogens is 2. The minimum Gasteiger partial charge on any atom is -0.357 e. The summed E-state index contributed by atoms with van der Waals surface area (Å²) in [6, 6.07) is 8.03. The van der Waals surface area contributed by atoms with Crippen LogP contribution in [-0.2, 0) is 0 Å². The molecule has 3 nitrogen and oxygen atoms in total. The molecule has 1 aromatic carbocycles. The molecule has 0 fully saturated rings. The van der Waals surface area contributed by atoms with E-state index >= 15 is 0 Å². The number of rotatable bonds is 2. The monoisotopic (exact) mass is 205 g/mol. The molecule has 4 heteroatoms. The Morgan fingerprint density at radius 3 is 2.71 bits per heavy atom. The lowest BCUT2D eigenvalue weighted by Gasteiger charge is -2.05. The molecule has 1 aromatic heterocycles. The molecular weight excluding hydrogens is 194 g/mol. The van der Waals surface area contributed by atoms with E-state index in [0.717, 1.165) is 15.9 Å². The molecule has 0 radical (unpaired) electrons. The van der Waals surface area contributed by atoms with Crippen molar-refractivity contribution in [1.29, 1.82) is 0 Å². The first-order valence-electron chi connectivity index (χ1n) is 4.33. The van der Waals surface area contributed by atoms with Crippen LogP contribution in [0, 0.1) is 0 Å². The average Bonchev–Trinajstić information content (AvgIpc) is 2.27. The van der Waals surface area contributed by atoms with Crippen LogP contribution in [0.3, 0.4) is 0 Å². The zero-order chi connectivity index (χ0) is 9.97. The third kappa shape index (κ3) is 1.53. The van der Waals surface area contributed by atoms with E-state index in [0.29, 0.717) is 5.95 Å². The highest BCUT2D eigenvalue weighted by molar-refractivity contribution is 7.98. The zero-order valence-corrected chi connectivity index (χ0v) is 8.93. The van der Waals surface area contributed by atoms with Crippen LogP contribution in [0.15, 0.2) is 29.3 Å². The summed E-state index contributed by atoms with van der Waals surface area (Å²) in [5, 5.41) is 5.08. The Morgan fingerprint density at radius 2 is 2.00 bits per heavy atom. The fourth-order valence-corrected chi connectivity index (χ4v) is 1.89. The van der Waals surface area contributed by atoms with Gasteiger partial charge in [-0.3, -0.25) is 0 Å². The van der Waals surface area contributed by atoms with Crippen molar-refractivity contribution >= 4 is 28.6 Å². The van der Waals surface area contributed by atoms with Gasteiger partial charge >= 0.3 is 0 Å². The van der Waals surface area contributed by atoms with Crippen LogP contribution in [0.5, 0.6) is 0 Å². The smallest absolute Gasteiger partial charge is 0.224 e. The van der Waals surface area contributed by atoms with E-state index in [9.17, 15) is 0 Å². The summed E-state index contributed by atoms with van der Waals surface area (Å²) in [5.74, 6) is 0.674. The molecule has 0 aliphatic carbocycles. The van der Waals surface area contributed by atoms with E-state index in [2.05, 4.69) is 15.3 Å². The van der Waals surface area contributed by atoms with E-state index in [-0.39, 0.29) is 0 Å². The third-order valence-corrected chi connectivity index (χ3v) is 2.68. The van der Waals surface area contributed by atoms with E-state index in [1.807, 2.05) is 37.6 Å². The van der Waals surface area contributed by atoms with Gasteiger partial charge < -0.3 is 5.32 Å². The summed E-state index contributed by atoms with van der Waals surface area (Å²) in [4.78, 5) is 8.75. The first-order valence-corrected chi connectivity index (χ1v) is 5.56. The van der Waals surface area contributed by atoms with Crippen LogP contribution in [0.25, 0.3) is 10.9 Å². The highest BCUT2D eigenvalue weighted by atomic mass is 32.2. The summed E-state index contributed by atoms with van der Waals surface area (Å²) >= 11 is 1.64. The Balaban J connectivity index is 2.73. The molecule has 0 amide bonds. The van der Waals surface area contributed by atoms with E-state index in [4.69, 9.17) is 0 Å². The summed E-state index contributed by atoms with van der Waals surface area (Å²) in [5.41, 5.74) is 0.983. The maximum absolute atomic E-state index is 4.38. The predicted octanol–water partition coefficient (Wildman–Crippen LogP) is 2.39. The van der Waals surface area contributed by atoms with Gasteiger partial charge in [0.15, 0.2) is 0 Å². The maximum atomic E-state index is 4.38. The second kappa shape index (κ2) is 3.84. The molecule has 2 aromatic rings. The fraction of sp³-hybridized carbons (Fsp3) is 0.200. The van der Waals surface area contributed by atoms with Gasteiger partial charge in [-0.2, -0.15) is 0 Å². The number of benzene rings is 1. The van der Waals surface area contributed by atoms with E-state index < -0.39 is 0 Å². The first-order chi connectivity index (χ1) is 6.85. The van der Waals surface area contributed by atoms with Crippen LogP contribution >= 0.6 is 11.8 Å². The summed E-state index contributed by atoms with van der Waals surface area (Å²) in [6.07, 6.45) is 2.02. The van der Waals surface area contributed by atoms with Crippen molar-refractivity contribution < 1.29 is 0 Å². The van der Waals surface area contributed by atoms with Gasteiger partial charge in [-0.15, -0.1) is 11.8 Å². The molecule has 14 heavy (non-hydrogen) atoms. The summed E-state index contributed by atoms with van der Waals surface area (Å²) < 4.78 is 0. The number of nitrogens with one attached hydrogen (secondary N) is 1. The zero-order valence-electron chi connectivity index (χ0n) is 8.11. The molecule has 2 rings (SSSR count). The van der Waals surface area contributed by atoms with Gasteiger partial charge in [-0.05, 0) is 12.3 Å². The predicted molar refractivity (Wildman–Crippen MR) is 60.9 cm³/mol. The lowest BCUT2D eigenvalue weighted by atomic mass is 10.2. The Labute approximate surface area is 87.0 Å². The highest BCUT2D eigenvalue weighted by Gasteiger charge is 2.04. The van der Waals surface area contributed by atoms with Gasteiger partial charge in [-0.25, -0.2) is 9.97 Å². The van der Waals surface area contributed by atoms with E-state index in [1.165, 1.54) is 0 Å². The summed E-state index contributed by atoms with van der Waals surface area (Å²) in [7, 11) is 1.83. The van der Waals surface area contributed by atoms with Gasteiger partial charge in [0.25, 0.3) is 0 Å². The number of nitrogens with zero attached hydrogens (tertiary/aromatic N) is 2. The molecule has 0 saturated heterocycles. The number of hydrogen-bond acceptors (Lipinski definition) is 4. The molecule has 0 aliphatic heterocycles. The van der Waals surface area contributed by atoms with Gasteiger partial charge in [0.1, 0.15) is 5.03 Å². The molecule has 1 heterocycles. The van der Waals surface area contributed by atoms with Gasteiger partial charge in [0, 0.05) is 12.4 Å². The van der Waals surface area contributed by atoms with Crippen LogP contribution in [0.2, 0.25) is 0 Å². The molecule has 0 bridgehead atoms. The highest BCUT2D eigenvalue weighted by Crippen LogP contribution is 2.24. The summed E-state index contributed by atoms with van der Waals surface area (Å²) in [6.45, 7) is 0. The van der Waals surface area contributed by atoms with Crippen LogP contribution in [0.1, 0.15) is 0 Å². The van der Waals surface area contributed by atoms with Crippen LogP contribution in [-0.4, -0.2) is 23.3 Å². The number of para-hydroxylation sites is 1. The molecule has 0 saturated carbocycles. The van der Waals surface area contributed by atoms with Crippen molar-refractivity contribution in [2.45, 2.75) is 5.03 Å². The average molecular weight is 205 g/mol. The standard InChI is InChI=1S/C10H11N3S/c1-11-10-12-8-6-4-3-5-7(8)9(13-10)14-2/h3-6H,1-2H3,(H,11,12,13). The number of anilines is 1. The van der Waals surface area contributed by atoms with E-state index in [1.54, 1.807) is 11.8 Å². The van der Waals surface area contributed by atoms with Crippen molar-refractivity contribution in [3.8, 4) is 0 Å². The van der Waals surface area contributed by atoms with Crippen molar-refractivity contribution in [3.63, 3.8) is 0 Å². The number of fused-ring (bicyclic) bond motifs is 1. The van der Waals surface area contributed by atoms with Crippen molar-refractivity contribution in [3.05, 3.63) is 24.3 Å². The second-order valence-corrected chi connectivity index (χ2v) is 3.62. The van der Waals surface area contributed by atoms with Gasteiger partial charge in [0.05, 0.1) is 5.52 Å². The molecular formula is C10H11N3S. The lowest BCUT2D eigenvalue weighted by Crippen LogP contribution is -1.97. The minimum atomic E-state index is 0.674. The lowest BCUT2D eigenvalue weighted by molar-refractivity contribution is 1.10. The Bertz CT molecular complexity index is 456. The normalized spacial score (nSPS) is 10.4. The Morgan fingerprint density at radius 1 is 1.21 bits per heavy atom. The van der Waals surface area contributed by atoms with Gasteiger partial charge in [-0.1, -0.05) is 18.2 Å². The van der Waals surface area contributed by atoms with Gasteiger partial charge in [0.2, 0.25) is 5.95 Å². The molecule has 0 atom stereocenters. The van der Waals surface area contributed by atoms with Crippen molar-refractivity contribution in [2.75, 3.05) is 18.6 Å². The molecule has 0 aliphatic rings. The fourth-order valence-electron chi connectivity index (χ4n) is 1.31.